The minimum Gasteiger partial charge on any atom is -0.303 e. The molecule has 0 fully saturated rings. The van der Waals surface area contributed by atoms with E-state index in [1.807, 2.05) is 12.1 Å². The highest BCUT2D eigenvalue weighted by Crippen LogP contribution is 2.27. The third kappa shape index (κ3) is 4.34. The van der Waals surface area contributed by atoms with E-state index in [0.717, 1.165) is 16.7 Å². The molecule has 1 atom stereocenters. The Bertz CT molecular complexity index is 1020. The number of rotatable bonds is 6. The van der Waals surface area contributed by atoms with E-state index in [2.05, 4.69) is 74.4 Å². The summed E-state index contributed by atoms with van der Waals surface area (Å²) in [6, 6.07) is 24.6. The average molecular weight is 394 g/mol. The molecule has 146 valence electrons. The lowest BCUT2D eigenvalue weighted by atomic mass is 9.98. The molecule has 4 heteroatoms. The summed E-state index contributed by atoms with van der Waals surface area (Å²) in [7, 11) is 1.01. The maximum absolute atomic E-state index is 12.0. The van der Waals surface area contributed by atoms with Crippen molar-refractivity contribution in [3.8, 4) is 22.3 Å². The molecule has 28 heavy (non-hydrogen) atoms. The summed E-state index contributed by atoms with van der Waals surface area (Å²) < 4.78 is 23.9. The molecule has 0 spiro atoms. The van der Waals surface area contributed by atoms with Gasteiger partial charge in [-0.2, -0.15) is 0 Å². The molecule has 0 aliphatic rings. The molecule has 0 heterocycles. The Morgan fingerprint density at radius 2 is 1.07 bits per heavy atom. The zero-order valence-corrected chi connectivity index (χ0v) is 17.7. The molecule has 0 saturated carbocycles. The molecule has 0 radical (unpaired) electrons. The van der Waals surface area contributed by atoms with Crippen LogP contribution < -0.4 is 0 Å². The summed E-state index contributed by atoms with van der Waals surface area (Å²) in [5.74, 6) is 0.118. The zero-order chi connectivity index (χ0) is 20.3. The largest absolute Gasteiger partial charge is 0.303 e. The number of nitrogens with zero attached hydrogens (tertiary/aromatic N) is 1. The number of benzene rings is 3. The van der Waals surface area contributed by atoms with E-state index in [9.17, 15) is 8.42 Å². The van der Waals surface area contributed by atoms with E-state index in [-0.39, 0.29) is 5.75 Å². The molecule has 0 amide bonds. The first kappa shape index (κ1) is 20.3. The van der Waals surface area contributed by atoms with Crippen molar-refractivity contribution >= 4 is 9.84 Å². The van der Waals surface area contributed by atoms with Gasteiger partial charge in [-0.1, -0.05) is 67.6 Å². The van der Waals surface area contributed by atoms with Crippen molar-refractivity contribution in [1.29, 1.82) is 0 Å². The van der Waals surface area contributed by atoms with Gasteiger partial charge in [-0.3, -0.25) is 0 Å². The summed E-state index contributed by atoms with van der Waals surface area (Å²) >= 11 is 0. The van der Waals surface area contributed by atoms with E-state index in [1.165, 1.54) is 11.1 Å². The van der Waals surface area contributed by atoms with E-state index in [4.69, 9.17) is 0 Å². The fraction of sp³-hybridized carbons (Fsp3) is 0.250. The molecule has 3 aromatic carbocycles. The van der Waals surface area contributed by atoms with Crippen LogP contribution in [-0.4, -0.2) is 33.2 Å². The molecule has 3 rings (SSSR count). The van der Waals surface area contributed by atoms with Crippen molar-refractivity contribution in [1.82, 2.24) is 4.90 Å². The Hall–Kier alpha value is -2.43. The van der Waals surface area contributed by atoms with Gasteiger partial charge in [0, 0.05) is 6.04 Å². The van der Waals surface area contributed by atoms with Crippen LogP contribution in [0.5, 0.6) is 0 Å². The molecule has 0 saturated heterocycles. The molecule has 3 nitrogen and oxygen atoms in total. The van der Waals surface area contributed by atoms with Crippen molar-refractivity contribution in [2.45, 2.75) is 24.8 Å². The van der Waals surface area contributed by atoms with Gasteiger partial charge >= 0.3 is 0 Å². The van der Waals surface area contributed by atoms with Crippen LogP contribution >= 0.6 is 0 Å². The Balaban J connectivity index is 1.80. The second-order valence-electron chi connectivity index (χ2n) is 7.27. The molecule has 0 bridgehead atoms. The van der Waals surface area contributed by atoms with Gasteiger partial charge in [0.1, 0.15) is 0 Å². The third-order valence-corrected chi connectivity index (χ3v) is 7.06. The fourth-order valence-electron chi connectivity index (χ4n) is 3.13. The summed E-state index contributed by atoms with van der Waals surface area (Å²) in [6.45, 7) is 3.86. The molecule has 0 N–H and O–H groups in total. The Labute approximate surface area is 168 Å². The predicted octanol–water partition coefficient (Wildman–Crippen LogP) is 5.44. The van der Waals surface area contributed by atoms with Gasteiger partial charge in [-0.15, -0.1) is 0 Å². The lowest BCUT2D eigenvalue weighted by Gasteiger charge is -2.20. The van der Waals surface area contributed by atoms with Crippen molar-refractivity contribution in [2.75, 3.05) is 19.8 Å². The second-order valence-corrected chi connectivity index (χ2v) is 9.54. The minimum absolute atomic E-state index is 0.118. The van der Waals surface area contributed by atoms with Gasteiger partial charge in [-0.25, -0.2) is 8.42 Å². The van der Waals surface area contributed by atoms with E-state index < -0.39 is 9.84 Å². The lowest BCUT2D eigenvalue weighted by Crippen LogP contribution is -2.16. The molecule has 0 aliphatic carbocycles. The number of hydrogen-bond donors (Lipinski definition) is 0. The molecule has 1 unspecified atom stereocenters. The van der Waals surface area contributed by atoms with Crippen LogP contribution in [0.2, 0.25) is 0 Å². The maximum Gasteiger partial charge on any atom is 0.178 e. The molecule has 0 aromatic heterocycles. The Morgan fingerprint density at radius 1 is 0.714 bits per heavy atom. The van der Waals surface area contributed by atoms with Crippen LogP contribution in [-0.2, 0) is 9.84 Å². The monoisotopic (exact) mass is 393 g/mol. The van der Waals surface area contributed by atoms with Gasteiger partial charge in [0.2, 0.25) is 0 Å². The van der Waals surface area contributed by atoms with Crippen LogP contribution in [0.1, 0.15) is 25.5 Å². The zero-order valence-electron chi connectivity index (χ0n) is 16.9. The maximum atomic E-state index is 12.0. The first-order valence-corrected chi connectivity index (χ1v) is 11.2. The van der Waals surface area contributed by atoms with Gasteiger partial charge in [0.15, 0.2) is 9.84 Å². The SMILES string of the molecule is CCS(=O)(=O)c1ccc(-c2ccc(-c3ccc(C(C)N(C)C)cc3)cc2)cc1. The summed E-state index contributed by atoms with van der Waals surface area (Å²) in [4.78, 5) is 2.57. The van der Waals surface area contributed by atoms with Crippen molar-refractivity contribution < 1.29 is 8.42 Å². The first-order chi connectivity index (χ1) is 13.3. The molecule has 0 aliphatic heterocycles. The fourth-order valence-corrected chi connectivity index (χ4v) is 4.01. The van der Waals surface area contributed by atoms with Crippen LogP contribution in [0.3, 0.4) is 0 Å². The number of sulfone groups is 1. The van der Waals surface area contributed by atoms with Crippen LogP contribution in [0, 0.1) is 0 Å². The van der Waals surface area contributed by atoms with Gasteiger partial charge < -0.3 is 4.90 Å². The van der Waals surface area contributed by atoms with E-state index in [0.29, 0.717) is 10.9 Å². The molecular formula is C24H27NO2S. The quantitative estimate of drug-likeness (QED) is 0.560. The lowest BCUT2D eigenvalue weighted by molar-refractivity contribution is 0.321. The summed E-state index contributed by atoms with van der Waals surface area (Å²) in [6.07, 6.45) is 0. The summed E-state index contributed by atoms with van der Waals surface area (Å²) in [5.41, 5.74) is 5.73. The highest BCUT2D eigenvalue weighted by Gasteiger charge is 2.11. The van der Waals surface area contributed by atoms with Gasteiger partial charge in [0.05, 0.1) is 10.6 Å². The third-order valence-electron chi connectivity index (χ3n) is 5.31. The minimum atomic E-state index is -3.16. The van der Waals surface area contributed by atoms with E-state index >= 15 is 0 Å². The Kier molecular flexibility index (Phi) is 6.01. The Morgan fingerprint density at radius 3 is 1.43 bits per heavy atom. The highest BCUT2D eigenvalue weighted by atomic mass is 32.2. The molecular weight excluding hydrogens is 366 g/mol. The summed E-state index contributed by atoms with van der Waals surface area (Å²) in [5, 5.41) is 0. The first-order valence-electron chi connectivity index (χ1n) is 9.52. The van der Waals surface area contributed by atoms with Crippen LogP contribution in [0.4, 0.5) is 0 Å². The average Bonchev–Trinajstić information content (AvgIpc) is 2.73. The smallest absolute Gasteiger partial charge is 0.178 e. The van der Waals surface area contributed by atoms with Crippen molar-refractivity contribution in [2.24, 2.45) is 0 Å². The molecule has 3 aromatic rings. The van der Waals surface area contributed by atoms with Crippen molar-refractivity contribution in [3.63, 3.8) is 0 Å². The van der Waals surface area contributed by atoms with Gasteiger partial charge in [-0.05, 0) is 61.0 Å². The van der Waals surface area contributed by atoms with Crippen LogP contribution in [0.25, 0.3) is 22.3 Å². The topological polar surface area (TPSA) is 37.4 Å². The van der Waals surface area contributed by atoms with Crippen molar-refractivity contribution in [3.05, 3.63) is 78.4 Å². The number of hydrogen-bond acceptors (Lipinski definition) is 3. The highest BCUT2D eigenvalue weighted by molar-refractivity contribution is 7.91. The standard InChI is InChI=1S/C24H27NO2S/c1-5-28(26,27)24-16-14-23(15-17-24)22-12-10-21(11-13-22)20-8-6-19(7-9-20)18(2)25(3)4/h6-18H,5H2,1-4H3. The predicted molar refractivity (Wildman–Crippen MR) is 117 cm³/mol. The van der Waals surface area contributed by atoms with Crippen LogP contribution in [0.15, 0.2) is 77.7 Å². The van der Waals surface area contributed by atoms with E-state index in [1.54, 1.807) is 19.1 Å². The normalized spacial score (nSPS) is 12.9. The second kappa shape index (κ2) is 8.29. The van der Waals surface area contributed by atoms with Gasteiger partial charge in [0.25, 0.3) is 0 Å².